The number of hydrogen-bond acceptors (Lipinski definition) is 3. The molecule has 2 rings (SSSR count). The minimum Gasteiger partial charge on any atom is -0.398 e. The van der Waals surface area contributed by atoms with Crippen LogP contribution in [0, 0.1) is 6.92 Å². The summed E-state index contributed by atoms with van der Waals surface area (Å²) in [5, 5.41) is 6.13. The van der Waals surface area contributed by atoms with Gasteiger partial charge >= 0.3 is 0 Å². The SMILES string of the molecule is CC(=O)Nc1cc(NCc2ccccc2N)ccc1C. The molecule has 0 saturated heterocycles. The fourth-order valence-electron chi connectivity index (χ4n) is 1.95. The largest absolute Gasteiger partial charge is 0.398 e. The predicted octanol–water partition coefficient (Wildman–Crippen LogP) is 3.15. The second-order valence-electron chi connectivity index (χ2n) is 4.76. The average Bonchev–Trinajstić information content (AvgIpc) is 2.40. The van der Waals surface area contributed by atoms with E-state index in [0.29, 0.717) is 6.54 Å². The average molecular weight is 269 g/mol. The van der Waals surface area contributed by atoms with Crippen LogP contribution < -0.4 is 16.4 Å². The highest BCUT2D eigenvalue weighted by Gasteiger charge is 2.03. The van der Waals surface area contributed by atoms with Crippen LogP contribution in [-0.4, -0.2) is 5.91 Å². The van der Waals surface area contributed by atoms with Crippen molar-refractivity contribution in [3.63, 3.8) is 0 Å². The minimum absolute atomic E-state index is 0.0717. The van der Waals surface area contributed by atoms with Crippen molar-refractivity contribution in [3.05, 3.63) is 53.6 Å². The van der Waals surface area contributed by atoms with E-state index in [2.05, 4.69) is 10.6 Å². The molecular formula is C16H19N3O. The van der Waals surface area contributed by atoms with Crippen LogP contribution in [0.25, 0.3) is 0 Å². The number of carbonyl (C=O) groups excluding carboxylic acids is 1. The van der Waals surface area contributed by atoms with Gasteiger partial charge in [-0.25, -0.2) is 0 Å². The smallest absolute Gasteiger partial charge is 0.221 e. The Hall–Kier alpha value is -2.49. The van der Waals surface area contributed by atoms with Crippen LogP contribution in [0.2, 0.25) is 0 Å². The zero-order valence-corrected chi connectivity index (χ0v) is 11.7. The Bertz CT molecular complexity index is 623. The van der Waals surface area contributed by atoms with E-state index < -0.39 is 0 Å². The minimum atomic E-state index is -0.0717. The lowest BCUT2D eigenvalue weighted by molar-refractivity contribution is -0.114. The van der Waals surface area contributed by atoms with Crippen molar-refractivity contribution >= 4 is 23.0 Å². The molecule has 2 aromatic rings. The van der Waals surface area contributed by atoms with Crippen molar-refractivity contribution in [1.82, 2.24) is 0 Å². The summed E-state index contributed by atoms with van der Waals surface area (Å²) in [6.45, 7) is 4.11. The number of benzene rings is 2. The first kappa shape index (κ1) is 13.9. The summed E-state index contributed by atoms with van der Waals surface area (Å²) >= 11 is 0. The lowest BCUT2D eigenvalue weighted by Gasteiger charge is -2.12. The van der Waals surface area contributed by atoms with E-state index in [1.165, 1.54) is 6.92 Å². The van der Waals surface area contributed by atoms with Gasteiger partial charge in [-0.15, -0.1) is 0 Å². The van der Waals surface area contributed by atoms with Gasteiger partial charge in [0.05, 0.1) is 0 Å². The monoisotopic (exact) mass is 269 g/mol. The molecular weight excluding hydrogens is 250 g/mol. The van der Waals surface area contributed by atoms with Crippen molar-refractivity contribution in [3.8, 4) is 0 Å². The van der Waals surface area contributed by atoms with Crippen molar-refractivity contribution in [2.45, 2.75) is 20.4 Å². The number of aryl methyl sites for hydroxylation is 1. The number of nitrogen functional groups attached to an aromatic ring is 1. The Morgan fingerprint density at radius 1 is 1.20 bits per heavy atom. The maximum Gasteiger partial charge on any atom is 0.221 e. The molecule has 2 aromatic carbocycles. The number of hydrogen-bond donors (Lipinski definition) is 3. The van der Waals surface area contributed by atoms with Crippen LogP contribution in [-0.2, 0) is 11.3 Å². The molecule has 0 bridgehead atoms. The van der Waals surface area contributed by atoms with E-state index in [0.717, 1.165) is 28.2 Å². The summed E-state index contributed by atoms with van der Waals surface area (Å²) in [6.07, 6.45) is 0. The highest BCUT2D eigenvalue weighted by molar-refractivity contribution is 5.90. The van der Waals surface area contributed by atoms with Crippen LogP contribution in [0.5, 0.6) is 0 Å². The Morgan fingerprint density at radius 3 is 2.65 bits per heavy atom. The van der Waals surface area contributed by atoms with E-state index in [9.17, 15) is 4.79 Å². The zero-order valence-electron chi connectivity index (χ0n) is 11.7. The molecule has 4 nitrogen and oxygen atoms in total. The third-order valence-electron chi connectivity index (χ3n) is 3.09. The first-order valence-electron chi connectivity index (χ1n) is 6.52. The van der Waals surface area contributed by atoms with E-state index in [4.69, 9.17) is 5.73 Å². The molecule has 1 amide bonds. The number of nitrogens with one attached hydrogen (secondary N) is 2. The number of rotatable bonds is 4. The van der Waals surface area contributed by atoms with E-state index in [-0.39, 0.29) is 5.91 Å². The summed E-state index contributed by atoms with van der Waals surface area (Å²) in [4.78, 5) is 11.2. The maximum absolute atomic E-state index is 11.2. The molecule has 0 aliphatic rings. The zero-order chi connectivity index (χ0) is 14.5. The molecule has 4 N–H and O–H groups in total. The topological polar surface area (TPSA) is 67.2 Å². The summed E-state index contributed by atoms with van der Waals surface area (Å²) in [7, 11) is 0. The van der Waals surface area contributed by atoms with Crippen LogP contribution >= 0.6 is 0 Å². The lowest BCUT2D eigenvalue weighted by atomic mass is 10.1. The van der Waals surface area contributed by atoms with Gasteiger partial charge in [0, 0.05) is 30.5 Å². The highest BCUT2D eigenvalue weighted by Crippen LogP contribution is 2.21. The standard InChI is InChI=1S/C16H19N3O/c1-11-7-8-14(9-16(11)19-12(2)20)18-10-13-5-3-4-6-15(13)17/h3-9,18H,10,17H2,1-2H3,(H,19,20). The molecule has 0 spiro atoms. The molecule has 0 radical (unpaired) electrons. The first-order valence-corrected chi connectivity index (χ1v) is 6.52. The fraction of sp³-hybridized carbons (Fsp3) is 0.188. The quantitative estimate of drug-likeness (QED) is 0.747. The summed E-state index contributed by atoms with van der Waals surface area (Å²) in [5.41, 5.74) is 10.5. The van der Waals surface area contributed by atoms with Crippen molar-refractivity contribution in [2.75, 3.05) is 16.4 Å². The van der Waals surface area contributed by atoms with Gasteiger partial charge in [-0.1, -0.05) is 24.3 Å². The molecule has 104 valence electrons. The normalized spacial score (nSPS) is 10.1. The van der Waals surface area contributed by atoms with Crippen LogP contribution in [0.3, 0.4) is 0 Å². The lowest BCUT2D eigenvalue weighted by Crippen LogP contribution is -2.08. The highest BCUT2D eigenvalue weighted by atomic mass is 16.1. The molecule has 0 unspecified atom stereocenters. The van der Waals surface area contributed by atoms with Crippen LogP contribution in [0.15, 0.2) is 42.5 Å². The van der Waals surface area contributed by atoms with E-state index in [1.807, 2.05) is 49.4 Å². The number of carbonyl (C=O) groups is 1. The van der Waals surface area contributed by atoms with E-state index >= 15 is 0 Å². The van der Waals surface area contributed by atoms with Crippen molar-refractivity contribution < 1.29 is 4.79 Å². The third kappa shape index (κ3) is 3.51. The maximum atomic E-state index is 11.2. The van der Waals surface area contributed by atoms with Gasteiger partial charge in [-0.3, -0.25) is 4.79 Å². The molecule has 0 aliphatic carbocycles. The molecule has 0 atom stereocenters. The molecule has 0 saturated carbocycles. The van der Waals surface area contributed by atoms with Gasteiger partial charge < -0.3 is 16.4 Å². The Balaban J connectivity index is 2.10. The molecule has 0 aromatic heterocycles. The van der Waals surface area contributed by atoms with Gasteiger partial charge in [0.1, 0.15) is 0 Å². The number of amides is 1. The number of nitrogens with two attached hydrogens (primary N) is 1. The summed E-state index contributed by atoms with van der Waals surface area (Å²) in [5.74, 6) is -0.0717. The Kier molecular flexibility index (Phi) is 4.25. The van der Waals surface area contributed by atoms with Crippen molar-refractivity contribution in [2.24, 2.45) is 0 Å². The second kappa shape index (κ2) is 6.10. The Morgan fingerprint density at radius 2 is 1.95 bits per heavy atom. The van der Waals surface area contributed by atoms with Crippen LogP contribution in [0.1, 0.15) is 18.1 Å². The molecule has 20 heavy (non-hydrogen) atoms. The van der Waals surface area contributed by atoms with Gasteiger partial charge in [-0.2, -0.15) is 0 Å². The second-order valence-corrected chi connectivity index (χ2v) is 4.76. The molecule has 0 heterocycles. The number of para-hydroxylation sites is 1. The molecule has 0 aliphatic heterocycles. The predicted molar refractivity (Wildman–Crippen MR) is 83.7 cm³/mol. The van der Waals surface area contributed by atoms with E-state index in [1.54, 1.807) is 0 Å². The summed E-state index contributed by atoms with van der Waals surface area (Å²) < 4.78 is 0. The van der Waals surface area contributed by atoms with Crippen molar-refractivity contribution in [1.29, 1.82) is 0 Å². The molecule has 4 heteroatoms. The Labute approximate surface area is 119 Å². The number of anilines is 3. The first-order chi connectivity index (χ1) is 9.56. The van der Waals surface area contributed by atoms with Crippen LogP contribution in [0.4, 0.5) is 17.1 Å². The summed E-state index contributed by atoms with van der Waals surface area (Å²) in [6, 6.07) is 13.6. The third-order valence-corrected chi connectivity index (χ3v) is 3.09. The fourth-order valence-corrected chi connectivity index (χ4v) is 1.95. The van der Waals surface area contributed by atoms with Gasteiger partial charge in [0.15, 0.2) is 0 Å². The van der Waals surface area contributed by atoms with Gasteiger partial charge in [-0.05, 0) is 36.2 Å². The molecule has 0 fully saturated rings. The van der Waals surface area contributed by atoms with Gasteiger partial charge in [0.2, 0.25) is 5.91 Å². The van der Waals surface area contributed by atoms with Gasteiger partial charge in [0.25, 0.3) is 0 Å².